The predicted molar refractivity (Wildman–Crippen MR) is 72.0 cm³/mol. The van der Waals surface area contributed by atoms with Gasteiger partial charge in [0.25, 0.3) is 5.91 Å². The molecule has 0 saturated carbocycles. The van der Waals surface area contributed by atoms with Crippen molar-refractivity contribution in [3.63, 3.8) is 0 Å². The standard InChI is InChI=1S/C10H13Br2NOS/c1-6(11)10(2,3)13-9(14)7-4-8(12)15-5-7/h4-6H,1-3H3,(H,13,14). The summed E-state index contributed by atoms with van der Waals surface area (Å²) in [7, 11) is 0. The van der Waals surface area contributed by atoms with Crippen molar-refractivity contribution in [1.29, 1.82) is 0 Å². The summed E-state index contributed by atoms with van der Waals surface area (Å²) < 4.78 is 0.970. The monoisotopic (exact) mass is 353 g/mol. The fraction of sp³-hybridized carbons (Fsp3) is 0.500. The minimum absolute atomic E-state index is 0.0340. The lowest BCUT2D eigenvalue weighted by Crippen LogP contribution is -2.48. The highest BCUT2D eigenvalue weighted by Gasteiger charge is 2.26. The van der Waals surface area contributed by atoms with Gasteiger partial charge in [0.15, 0.2) is 0 Å². The number of rotatable bonds is 3. The molecule has 84 valence electrons. The first-order valence-corrected chi connectivity index (χ1v) is 7.12. The molecule has 15 heavy (non-hydrogen) atoms. The number of carbonyl (C=O) groups excluding carboxylic acids is 1. The lowest BCUT2D eigenvalue weighted by atomic mass is 10.0. The molecule has 1 aromatic rings. The number of halogens is 2. The van der Waals surface area contributed by atoms with Crippen molar-refractivity contribution < 1.29 is 4.79 Å². The Bertz CT molecular complexity index is 360. The molecule has 0 bridgehead atoms. The second-order valence-electron chi connectivity index (χ2n) is 3.93. The lowest BCUT2D eigenvalue weighted by molar-refractivity contribution is 0.0914. The topological polar surface area (TPSA) is 29.1 Å². The lowest BCUT2D eigenvalue weighted by Gasteiger charge is -2.29. The zero-order valence-corrected chi connectivity index (χ0v) is 12.8. The SMILES string of the molecule is CC(Br)C(C)(C)NC(=O)c1csc(Br)c1. The molecular weight excluding hydrogens is 342 g/mol. The van der Waals surface area contributed by atoms with E-state index in [-0.39, 0.29) is 16.3 Å². The van der Waals surface area contributed by atoms with Crippen LogP contribution < -0.4 is 5.32 Å². The Morgan fingerprint density at radius 3 is 2.60 bits per heavy atom. The highest BCUT2D eigenvalue weighted by Crippen LogP contribution is 2.22. The average Bonchev–Trinajstić information content (AvgIpc) is 2.50. The van der Waals surface area contributed by atoms with Gasteiger partial charge in [0.1, 0.15) is 0 Å². The number of amides is 1. The molecule has 0 aliphatic heterocycles. The molecule has 1 atom stereocenters. The molecule has 0 aromatic carbocycles. The van der Waals surface area contributed by atoms with Gasteiger partial charge in [0.2, 0.25) is 0 Å². The highest BCUT2D eigenvalue weighted by atomic mass is 79.9. The Hall–Kier alpha value is 0.130. The first kappa shape index (κ1) is 13.2. The van der Waals surface area contributed by atoms with Gasteiger partial charge in [-0.15, -0.1) is 11.3 Å². The van der Waals surface area contributed by atoms with E-state index in [0.717, 1.165) is 3.79 Å². The van der Waals surface area contributed by atoms with E-state index in [1.165, 1.54) is 11.3 Å². The van der Waals surface area contributed by atoms with Crippen LogP contribution in [-0.2, 0) is 0 Å². The summed E-state index contributed by atoms with van der Waals surface area (Å²) in [5.74, 6) is -0.0340. The van der Waals surface area contributed by atoms with Crippen molar-refractivity contribution >= 4 is 49.1 Å². The minimum Gasteiger partial charge on any atom is -0.346 e. The maximum Gasteiger partial charge on any atom is 0.252 e. The zero-order valence-electron chi connectivity index (χ0n) is 8.80. The van der Waals surface area contributed by atoms with Crippen LogP contribution in [0.4, 0.5) is 0 Å². The summed E-state index contributed by atoms with van der Waals surface area (Å²) in [6.45, 7) is 6.00. The van der Waals surface area contributed by atoms with Crippen LogP contribution in [0.2, 0.25) is 0 Å². The van der Waals surface area contributed by atoms with Gasteiger partial charge in [0, 0.05) is 15.7 Å². The van der Waals surface area contributed by atoms with Gasteiger partial charge in [-0.3, -0.25) is 4.79 Å². The summed E-state index contributed by atoms with van der Waals surface area (Å²) in [6.07, 6.45) is 0. The second kappa shape index (κ2) is 4.97. The maximum atomic E-state index is 11.8. The van der Waals surface area contributed by atoms with Crippen molar-refractivity contribution in [2.75, 3.05) is 0 Å². The Morgan fingerprint density at radius 1 is 1.60 bits per heavy atom. The fourth-order valence-electron chi connectivity index (χ4n) is 0.893. The molecule has 2 nitrogen and oxygen atoms in total. The molecule has 1 N–H and O–H groups in total. The third-order valence-corrected chi connectivity index (χ3v) is 4.91. The smallest absolute Gasteiger partial charge is 0.252 e. The van der Waals surface area contributed by atoms with Crippen LogP contribution in [-0.4, -0.2) is 16.3 Å². The van der Waals surface area contributed by atoms with Crippen molar-refractivity contribution in [3.05, 3.63) is 20.8 Å². The van der Waals surface area contributed by atoms with Crippen LogP contribution in [0.25, 0.3) is 0 Å². The van der Waals surface area contributed by atoms with Gasteiger partial charge in [-0.05, 0) is 35.8 Å². The van der Waals surface area contributed by atoms with Crippen LogP contribution in [0.15, 0.2) is 15.2 Å². The molecule has 1 rings (SSSR count). The van der Waals surface area contributed by atoms with Crippen LogP contribution in [0, 0.1) is 0 Å². The summed E-state index contributed by atoms with van der Waals surface area (Å²) in [5, 5.41) is 4.83. The van der Waals surface area contributed by atoms with Crippen LogP contribution >= 0.6 is 43.2 Å². The van der Waals surface area contributed by atoms with E-state index in [1.807, 2.05) is 32.2 Å². The van der Waals surface area contributed by atoms with Crippen molar-refractivity contribution in [2.24, 2.45) is 0 Å². The van der Waals surface area contributed by atoms with E-state index in [0.29, 0.717) is 5.56 Å². The van der Waals surface area contributed by atoms with Crippen molar-refractivity contribution in [1.82, 2.24) is 5.32 Å². The third kappa shape index (κ3) is 3.57. The Kier molecular flexibility index (Phi) is 4.38. The molecule has 0 spiro atoms. The van der Waals surface area contributed by atoms with Gasteiger partial charge < -0.3 is 5.32 Å². The molecular formula is C10H13Br2NOS. The summed E-state index contributed by atoms with van der Waals surface area (Å²) in [4.78, 5) is 12.1. The van der Waals surface area contributed by atoms with Crippen LogP contribution in [0.5, 0.6) is 0 Å². The summed E-state index contributed by atoms with van der Waals surface area (Å²) in [5.41, 5.74) is 0.444. The van der Waals surface area contributed by atoms with Gasteiger partial charge in [0.05, 0.1) is 9.35 Å². The average molecular weight is 355 g/mol. The first-order valence-electron chi connectivity index (χ1n) is 4.53. The molecule has 1 heterocycles. The van der Waals surface area contributed by atoms with E-state index in [1.54, 1.807) is 0 Å². The molecule has 0 fully saturated rings. The van der Waals surface area contributed by atoms with E-state index in [2.05, 4.69) is 37.2 Å². The van der Waals surface area contributed by atoms with Gasteiger partial charge >= 0.3 is 0 Å². The van der Waals surface area contributed by atoms with E-state index in [4.69, 9.17) is 0 Å². The van der Waals surface area contributed by atoms with Crippen LogP contribution in [0.1, 0.15) is 31.1 Å². The second-order valence-corrected chi connectivity index (χ2v) is 7.60. The molecule has 1 amide bonds. The number of nitrogens with one attached hydrogen (secondary N) is 1. The van der Waals surface area contributed by atoms with Gasteiger partial charge in [-0.1, -0.05) is 22.9 Å². The number of alkyl halides is 1. The predicted octanol–water partition coefficient (Wildman–Crippen LogP) is 3.80. The summed E-state index contributed by atoms with van der Waals surface area (Å²) >= 11 is 8.33. The number of thiophene rings is 1. The summed E-state index contributed by atoms with van der Waals surface area (Å²) in [6, 6.07) is 1.83. The first-order chi connectivity index (χ1) is 6.83. The van der Waals surface area contributed by atoms with E-state index in [9.17, 15) is 4.79 Å². The molecule has 0 aliphatic rings. The van der Waals surface area contributed by atoms with Gasteiger partial charge in [-0.25, -0.2) is 0 Å². The van der Waals surface area contributed by atoms with E-state index >= 15 is 0 Å². The fourth-order valence-corrected chi connectivity index (χ4v) is 2.14. The minimum atomic E-state index is -0.258. The highest BCUT2D eigenvalue weighted by molar-refractivity contribution is 9.11. The van der Waals surface area contributed by atoms with Crippen molar-refractivity contribution in [2.45, 2.75) is 31.1 Å². The molecule has 0 radical (unpaired) electrons. The molecule has 0 saturated heterocycles. The van der Waals surface area contributed by atoms with Crippen LogP contribution in [0.3, 0.4) is 0 Å². The molecule has 0 aliphatic carbocycles. The van der Waals surface area contributed by atoms with Crippen molar-refractivity contribution in [3.8, 4) is 0 Å². The number of carbonyl (C=O) groups is 1. The molecule has 1 aromatic heterocycles. The van der Waals surface area contributed by atoms with E-state index < -0.39 is 0 Å². The molecule has 1 unspecified atom stereocenters. The largest absolute Gasteiger partial charge is 0.346 e. The quantitative estimate of drug-likeness (QED) is 0.822. The zero-order chi connectivity index (χ0) is 11.6. The normalized spacial score (nSPS) is 13.7. The molecule has 5 heteroatoms. The Morgan fingerprint density at radius 2 is 2.20 bits per heavy atom. The Balaban J connectivity index is 2.72. The van der Waals surface area contributed by atoms with Gasteiger partial charge in [-0.2, -0.15) is 0 Å². The number of hydrogen-bond acceptors (Lipinski definition) is 2. The number of hydrogen-bond donors (Lipinski definition) is 1. The maximum absolute atomic E-state index is 11.8. The third-order valence-electron chi connectivity index (χ3n) is 2.26. The Labute approximate surface area is 111 Å².